The van der Waals surface area contributed by atoms with E-state index in [1.165, 1.54) is 25.2 Å². The first-order chi connectivity index (χ1) is 19.4. The number of sulfonamides is 1. The van der Waals surface area contributed by atoms with E-state index in [1.807, 2.05) is 68.4 Å². The minimum atomic E-state index is -3.95. The van der Waals surface area contributed by atoms with Gasteiger partial charge in [-0.15, -0.1) is 0 Å². The molecule has 0 unspecified atom stereocenters. The Morgan fingerprint density at radius 2 is 1.61 bits per heavy atom. The standard InChI is InChI=1S/C30H36BrN3O6S/c1-21(2)32-30(36)27(17-22-10-7-6-8-11-22)33(19-23-12-9-13-24(31)16-23)29(35)20-34(41(5,37)38)26-15-14-25(39-3)18-28(26)40-4/h6-16,18,21,27H,17,19-20H2,1-5H3,(H,32,36)/t27-/m1/s1. The van der Waals surface area contributed by atoms with Gasteiger partial charge in [0.25, 0.3) is 0 Å². The van der Waals surface area contributed by atoms with Gasteiger partial charge in [-0.2, -0.15) is 0 Å². The van der Waals surface area contributed by atoms with Crippen LogP contribution in [-0.4, -0.2) is 64.2 Å². The Morgan fingerprint density at radius 3 is 2.20 bits per heavy atom. The van der Waals surface area contributed by atoms with Crippen LogP contribution in [0.2, 0.25) is 0 Å². The highest BCUT2D eigenvalue weighted by molar-refractivity contribution is 9.10. The van der Waals surface area contributed by atoms with Gasteiger partial charge in [0.2, 0.25) is 21.8 Å². The molecule has 0 aliphatic carbocycles. The third-order valence-electron chi connectivity index (χ3n) is 6.28. The number of hydrogen-bond acceptors (Lipinski definition) is 6. The summed E-state index contributed by atoms with van der Waals surface area (Å²) in [7, 11) is -1.05. The van der Waals surface area contributed by atoms with Crippen molar-refractivity contribution in [3.05, 3.63) is 88.4 Å². The molecule has 9 nitrogen and oxygen atoms in total. The molecule has 0 aliphatic rings. The molecular formula is C30H36BrN3O6S. The Labute approximate surface area is 250 Å². The Kier molecular flexibility index (Phi) is 11.2. The summed E-state index contributed by atoms with van der Waals surface area (Å²) in [6.45, 7) is 3.23. The summed E-state index contributed by atoms with van der Waals surface area (Å²) < 4.78 is 38.6. The molecule has 0 saturated carbocycles. The van der Waals surface area contributed by atoms with E-state index in [-0.39, 0.29) is 36.4 Å². The van der Waals surface area contributed by atoms with E-state index in [9.17, 15) is 18.0 Å². The molecule has 3 aromatic carbocycles. The lowest BCUT2D eigenvalue weighted by atomic mass is 10.0. The summed E-state index contributed by atoms with van der Waals surface area (Å²) in [4.78, 5) is 29.2. The van der Waals surface area contributed by atoms with Crippen molar-refractivity contribution in [2.45, 2.75) is 38.9 Å². The zero-order chi connectivity index (χ0) is 30.2. The van der Waals surface area contributed by atoms with Gasteiger partial charge in [0, 0.05) is 29.5 Å². The molecule has 1 atom stereocenters. The van der Waals surface area contributed by atoms with Crippen LogP contribution in [0.3, 0.4) is 0 Å². The molecule has 3 aromatic rings. The zero-order valence-electron chi connectivity index (χ0n) is 23.8. The van der Waals surface area contributed by atoms with Gasteiger partial charge in [-0.25, -0.2) is 8.42 Å². The molecule has 41 heavy (non-hydrogen) atoms. The molecule has 0 saturated heterocycles. The minimum absolute atomic E-state index is 0.0820. The van der Waals surface area contributed by atoms with Crippen molar-refractivity contribution >= 4 is 43.5 Å². The van der Waals surface area contributed by atoms with Crippen LogP contribution >= 0.6 is 15.9 Å². The topological polar surface area (TPSA) is 105 Å². The Morgan fingerprint density at radius 1 is 0.927 bits per heavy atom. The fraction of sp³-hybridized carbons (Fsp3) is 0.333. The predicted octanol–water partition coefficient (Wildman–Crippen LogP) is 4.40. The number of carbonyl (C=O) groups excluding carboxylic acids is 2. The first kappa shape index (κ1) is 32.0. The van der Waals surface area contributed by atoms with Gasteiger partial charge in [0.1, 0.15) is 24.1 Å². The lowest BCUT2D eigenvalue weighted by Crippen LogP contribution is -2.54. The molecule has 0 aromatic heterocycles. The first-order valence-electron chi connectivity index (χ1n) is 13.0. The van der Waals surface area contributed by atoms with E-state index in [1.54, 1.807) is 12.1 Å². The molecule has 0 heterocycles. The third kappa shape index (κ3) is 8.96. The number of hydrogen-bond donors (Lipinski definition) is 1. The van der Waals surface area contributed by atoms with E-state index in [0.717, 1.165) is 26.2 Å². The van der Waals surface area contributed by atoms with Crippen LogP contribution in [0.1, 0.15) is 25.0 Å². The molecule has 11 heteroatoms. The predicted molar refractivity (Wildman–Crippen MR) is 164 cm³/mol. The summed E-state index contributed by atoms with van der Waals surface area (Å²) in [5.41, 5.74) is 1.81. The van der Waals surface area contributed by atoms with Gasteiger partial charge >= 0.3 is 0 Å². The van der Waals surface area contributed by atoms with Crippen LogP contribution < -0.4 is 19.1 Å². The minimum Gasteiger partial charge on any atom is -0.497 e. The number of nitrogens with one attached hydrogen (secondary N) is 1. The van der Waals surface area contributed by atoms with Crippen molar-refractivity contribution in [2.75, 3.05) is 31.3 Å². The number of rotatable bonds is 13. The van der Waals surface area contributed by atoms with E-state index in [4.69, 9.17) is 9.47 Å². The zero-order valence-corrected chi connectivity index (χ0v) is 26.2. The molecule has 0 radical (unpaired) electrons. The highest BCUT2D eigenvalue weighted by Gasteiger charge is 2.34. The van der Waals surface area contributed by atoms with Gasteiger partial charge in [-0.3, -0.25) is 13.9 Å². The maximum Gasteiger partial charge on any atom is 0.244 e. The van der Waals surface area contributed by atoms with E-state index in [2.05, 4.69) is 21.2 Å². The molecule has 2 amide bonds. The summed E-state index contributed by atoms with van der Waals surface area (Å²) in [6.07, 6.45) is 1.26. The molecule has 0 fully saturated rings. The Hall–Kier alpha value is -3.57. The van der Waals surface area contributed by atoms with E-state index < -0.39 is 28.5 Å². The van der Waals surface area contributed by atoms with Crippen LogP contribution in [-0.2, 0) is 32.6 Å². The summed E-state index contributed by atoms with van der Waals surface area (Å²) >= 11 is 3.47. The molecule has 0 spiro atoms. The van der Waals surface area contributed by atoms with Gasteiger partial charge < -0.3 is 19.7 Å². The third-order valence-corrected chi connectivity index (χ3v) is 7.90. The summed E-state index contributed by atoms with van der Waals surface area (Å²) in [5.74, 6) is -0.192. The highest BCUT2D eigenvalue weighted by atomic mass is 79.9. The molecule has 0 aliphatic heterocycles. The molecule has 1 N–H and O–H groups in total. The number of nitrogens with zero attached hydrogens (tertiary/aromatic N) is 2. The van der Waals surface area contributed by atoms with E-state index >= 15 is 0 Å². The van der Waals surface area contributed by atoms with Crippen molar-refractivity contribution in [2.24, 2.45) is 0 Å². The summed E-state index contributed by atoms with van der Waals surface area (Å²) in [5, 5.41) is 2.93. The number of ether oxygens (including phenoxy) is 2. The highest BCUT2D eigenvalue weighted by Crippen LogP contribution is 2.34. The van der Waals surface area contributed by atoms with Gasteiger partial charge in [0.15, 0.2) is 0 Å². The van der Waals surface area contributed by atoms with Crippen molar-refractivity contribution < 1.29 is 27.5 Å². The first-order valence-corrected chi connectivity index (χ1v) is 15.6. The fourth-order valence-corrected chi connectivity index (χ4v) is 5.65. The number of halogens is 1. The van der Waals surface area contributed by atoms with Gasteiger partial charge in [-0.05, 0) is 49.2 Å². The van der Waals surface area contributed by atoms with Gasteiger partial charge in [0.05, 0.1) is 26.2 Å². The summed E-state index contributed by atoms with van der Waals surface area (Å²) in [6, 6.07) is 20.4. The smallest absolute Gasteiger partial charge is 0.244 e. The van der Waals surface area contributed by atoms with Crippen LogP contribution in [0, 0.1) is 0 Å². The van der Waals surface area contributed by atoms with Crippen molar-refractivity contribution in [3.8, 4) is 11.5 Å². The number of carbonyl (C=O) groups is 2. The fourth-order valence-electron chi connectivity index (χ4n) is 4.35. The van der Waals surface area contributed by atoms with Crippen molar-refractivity contribution in [3.63, 3.8) is 0 Å². The van der Waals surface area contributed by atoms with Crippen molar-refractivity contribution in [1.82, 2.24) is 10.2 Å². The Balaban J connectivity index is 2.09. The maximum absolute atomic E-state index is 14.2. The molecule has 3 rings (SSSR count). The molecule has 0 bridgehead atoms. The second kappa shape index (κ2) is 14.4. The van der Waals surface area contributed by atoms with Crippen LogP contribution in [0.15, 0.2) is 77.3 Å². The maximum atomic E-state index is 14.2. The Bertz CT molecular complexity index is 1450. The van der Waals surface area contributed by atoms with Gasteiger partial charge in [-0.1, -0.05) is 58.4 Å². The lowest BCUT2D eigenvalue weighted by molar-refractivity contribution is -0.140. The average molecular weight is 647 g/mol. The second-order valence-corrected chi connectivity index (χ2v) is 12.7. The van der Waals surface area contributed by atoms with Crippen LogP contribution in [0.4, 0.5) is 5.69 Å². The largest absolute Gasteiger partial charge is 0.497 e. The lowest BCUT2D eigenvalue weighted by Gasteiger charge is -2.34. The SMILES string of the molecule is COc1ccc(N(CC(=O)N(Cc2cccc(Br)c2)[C@H](Cc2ccccc2)C(=O)NC(C)C)S(C)(=O)=O)c(OC)c1. The number of benzene rings is 3. The average Bonchev–Trinajstić information content (AvgIpc) is 2.92. The second-order valence-electron chi connectivity index (χ2n) is 9.83. The number of amides is 2. The number of anilines is 1. The molecular weight excluding hydrogens is 610 g/mol. The van der Waals surface area contributed by atoms with Crippen LogP contribution in [0.5, 0.6) is 11.5 Å². The quantitative estimate of drug-likeness (QED) is 0.296. The number of methoxy groups -OCH3 is 2. The van der Waals surface area contributed by atoms with Crippen molar-refractivity contribution in [1.29, 1.82) is 0 Å². The van der Waals surface area contributed by atoms with Crippen LogP contribution in [0.25, 0.3) is 0 Å². The monoisotopic (exact) mass is 645 g/mol. The van der Waals surface area contributed by atoms with E-state index in [0.29, 0.717) is 5.75 Å². The normalized spacial score (nSPS) is 12.0. The molecule has 220 valence electrons.